The van der Waals surface area contributed by atoms with Crippen LogP contribution >= 0.6 is 48.0 Å². The molecule has 1 fully saturated rings. The molecule has 1 N–H and O–H groups in total. The van der Waals surface area contributed by atoms with E-state index in [4.69, 9.17) is 23.2 Å². The maximum absolute atomic E-state index is 6.23. The summed E-state index contributed by atoms with van der Waals surface area (Å²) >= 11 is 12.2. The Bertz CT molecular complexity index is 629. The minimum absolute atomic E-state index is 0. The van der Waals surface area contributed by atoms with E-state index >= 15 is 0 Å². The van der Waals surface area contributed by atoms with Gasteiger partial charge in [-0.2, -0.15) is 0 Å². The van der Waals surface area contributed by atoms with E-state index in [-0.39, 0.29) is 24.8 Å². The molecule has 2 nitrogen and oxygen atoms in total. The molecule has 0 saturated carbocycles. The van der Waals surface area contributed by atoms with Crippen molar-refractivity contribution in [2.75, 3.05) is 13.1 Å². The largest absolute Gasteiger partial charge is 0.310 e. The molecule has 0 aliphatic carbocycles. The second kappa shape index (κ2) is 11.3. The Labute approximate surface area is 172 Å². The first-order valence-electron chi connectivity index (χ1n) is 8.14. The summed E-state index contributed by atoms with van der Waals surface area (Å²) in [6.45, 7) is 4.14. The lowest BCUT2D eigenvalue weighted by Crippen LogP contribution is -2.41. The van der Waals surface area contributed by atoms with Crippen molar-refractivity contribution in [1.82, 2.24) is 10.2 Å². The number of benzene rings is 2. The lowest BCUT2D eigenvalue weighted by atomic mass is 10.0. The molecule has 1 saturated heterocycles. The zero-order valence-electron chi connectivity index (χ0n) is 14.0. The molecule has 25 heavy (non-hydrogen) atoms. The van der Waals surface area contributed by atoms with Crippen molar-refractivity contribution in [1.29, 1.82) is 0 Å². The van der Waals surface area contributed by atoms with Crippen LogP contribution in [-0.2, 0) is 13.1 Å². The van der Waals surface area contributed by atoms with Crippen molar-refractivity contribution in [3.8, 4) is 0 Å². The first kappa shape index (κ1) is 22.6. The molecule has 1 aliphatic rings. The van der Waals surface area contributed by atoms with E-state index in [1.54, 1.807) is 0 Å². The molecular formula is C19H24Cl4N2. The summed E-state index contributed by atoms with van der Waals surface area (Å²) in [6, 6.07) is 17.0. The molecule has 6 heteroatoms. The minimum atomic E-state index is 0. The normalized spacial score (nSPS) is 15.3. The Morgan fingerprint density at radius 3 is 2.28 bits per heavy atom. The summed E-state index contributed by atoms with van der Waals surface area (Å²) in [7, 11) is 0. The van der Waals surface area contributed by atoms with E-state index < -0.39 is 0 Å². The summed E-state index contributed by atoms with van der Waals surface area (Å²) in [5.74, 6) is 0. The van der Waals surface area contributed by atoms with Crippen LogP contribution < -0.4 is 5.32 Å². The number of halogens is 4. The number of nitrogens with one attached hydrogen (secondary N) is 1. The number of rotatable bonds is 5. The maximum atomic E-state index is 6.23. The third kappa shape index (κ3) is 6.97. The molecule has 138 valence electrons. The van der Waals surface area contributed by atoms with Crippen LogP contribution in [0.4, 0.5) is 0 Å². The number of likely N-dealkylation sites (tertiary alicyclic amines) is 1. The van der Waals surface area contributed by atoms with Crippen LogP contribution in [-0.4, -0.2) is 24.0 Å². The van der Waals surface area contributed by atoms with Crippen molar-refractivity contribution < 1.29 is 0 Å². The monoisotopic (exact) mass is 420 g/mol. The number of hydrogen-bond acceptors (Lipinski definition) is 2. The fraction of sp³-hybridized carbons (Fsp3) is 0.368. The fourth-order valence-electron chi connectivity index (χ4n) is 3.06. The van der Waals surface area contributed by atoms with E-state index in [1.165, 1.54) is 18.4 Å². The minimum Gasteiger partial charge on any atom is -0.310 e. The molecule has 0 aromatic heterocycles. The van der Waals surface area contributed by atoms with Crippen LogP contribution in [0.25, 0.3) is 0 Å². The number of piperidine rings is 1. The lowest BCUT2D eigenvalue weighted by Gasteiger charge is -2.32. The van der Waals surface area contributed by atoms with Crippen molar-refractivity contribution >= 4 is 48.0 Å². The van der Waals surface area contributed by atoms with Gasteiger partial charge in [-0.15, -0.1) is 24.8 Å². The van der Waals surface area contributed by atoms with Gasteiger partial charge in [0.1, 0.15) is 0 Å². The van der Waals surface area contributed by atoms with Gasteiger partial charge in [-0.1, -0.05) is 59.6 Å². The van der Waals surface area contributed by atoms with Crippen molar-refractivity contribution in [3.05, 3.63) is 69.7 Å². The molecule has 0 radical (unpaired) electrons. The molecule has 3 rings (SSSR count). The van der Waals surface area contributed by atoms with Crippen LogP contribution in [0.2, 0.25) is 10.0 Å². The molecule has 0 atom stereocenters. The lowest BCUT2D eigenvalue weighted by molar-refractivity contribution is 0.190. The predicted molar refractivity (Wildman–Crippen MR) is 113 cm³/mol. The van der Waals surface area contributed by atoms with Gasteiger partial charge in [-0.05, 0) is 49.2 Å². The van der Waals surface area contributed by atoms with Gasteiger partial charge in [0.2, 0.25) is 0 Å². The summed E-state index contributed by atoms with van der Waals surface area (Å²) in [4.78, 5) is 2.53. The first-order valence-corrected chi connectivity index (χ1v) is 8.90. The Morgan fingerprint density at radius 1 is 0.960 bits per heavy atom. The Kier molecular flexibility index (Phi) is 10.2. The Morgan fingerprint density at radius 2 is 1.64 bits per heavy atom. The van der Waals surface area contributed by atoms with Gasteiger partial charge in [0, 0.05) is 29.2 Å². The smallest absolute Gasteiger partial charge is 0.0465 e. The van der Waals surface area contributed by atoms with E-state index in [1.807, 2.05) is 18.2 Å². The number of nitrogens with zero attached hydrogens (tertiary/aromatic N) is 1. The molecular weight excluding hydrogens is 398 g/mol. The standard InChI is InChI=1S/C19H22Cl2N2.2ClH/c20-17-7-6-16(19(21)12-17)13-22-18-8-10-23(11-9-18)14-15-4-2-1-3-5-15;;/h1-7,12,18,22H,8-11,13-14H2;2*1H. The summed E-state index contributed by atoms with van der Waals surface area (Å²) in [5, 5.41) is 5.06. The topological polar surface area (TPSA) is 15.3 Å². The van der Waals surface area contributed by atoms with Crippen LogP contribution in [0.3, 0.4) is 0 Å². The van der Waals surface area contributed by atoms with Crippen molar-refractivity contribution in [3.63, 3.8) is 0 Å². The summed E-state index contributed by atoms with van der Waals surface area (Å²) < 4.78 is 0. The highest BCUT2D eigenvalue weighted by molar-refractivity contribution is 6.35. The van der Waals surface area contributed by atoms with Gasteiger partial charge in [0.05, 0.1) is 0 Å². The average Bonchev–Trinajstić information content (AvgIpc) is 2.56. The first-order chi connectivity index (χ1) is 11.2. The molecule has 2 aromatic carbocycles. The third-order valence-electron chi connectivity index (χ3n) is 4.43. The molecule has 0 bridgehead atoms. The zero-order chi connectivity index (χ0) is 16.1. The van der Waals surface area contributed by atoms with Crippen LogP contribution in [0.5, 0.6) is 0 Å². The van der Waals surface area contributed by atoms with Gasteiger partial charge >= 0.3 is 0 Å². The third-order valence-corrected chi connectivity index (χ3v) is 5.02. The Hall–Kier alpha value is -0.480. The number of hydrogen-bond donors (Lipinski definition) is 1. The second-order valence-electron chi connectivity index (χ2n) is 6.15. The van der Waals surface area contributed by atoms with Crippen LogP contribution in [0, 0.1) is 0 Å². The van der Waals surface area contributed by atoms with Crippen molar-refractivity contribution in [2.24, 2.45) is 0 Å². The van der Waals surface area contributed by atoms with E-state index in [0.29, 0.717) is 11.1 Å². The molecule has 1 heterocycles. The molecule has 0 amide bonds. The van der Waals surface area contributed by atoms with E-state index in [2.05, 4.69) is 40.5 Å². The Balaban J connectivity index is 0.00000156. The van der Waals surface area contributed by atoms with Crippen molar-refractivity contribution in [2.45, 2.75) is 32.0 Å². The summed E-state index contributed by atoms with van der Waals surface area (Å²) in [5.41, 5.74) is 2.51. The predicted octanol–water partition coefficient (Wildman–Crippen LogP) is 5.59. The molecule has 0 spiro atoms. The van der Waals surface area contributed by atoms with E-state index in [0.717, 1.165) is 36.8 Å². The molecule has 1 aliphatic heterocycles. The SMILES string of the molecule is Cl.Cl.Clc1ccc(CNC2CCN(Cc3ccccc3)CC2)c(Cl)c1. The van der Waals surface area contributed by atoms with Crippen LogP contribution in [0.1, 0.15) is 24.0 Å². The average molecular weight is 422 g/mol. The maximum Gasteiger partial charge on any atom is 0.0465 e. The van der Waals surface area contributed by atoms with Crippen LogP contribution in [0.15, 0.2) is 48.5 Å². The quantitative estimate of drug-likeness (QED) is 0.676. The fourth-order valence-corrected chi connectivity index (χ4v) is 3.53. The second-order valence-corrected chi connectivity index (χ2v) is 7.00. The van der Waals surface area contributed by atoms with Gasteiger partial charge in [0.25, 0.3) is 0 Å². The van der Waals surface area contributed by atoms with E-state index in [9.17, 15) is 0 Å². The highest BCUT2D eigenvalue weighted by atomic mass is 35.5. The van der Waals surface area contributed by atoms with Gasteiger partial charge < -0.3 is 5.32 Å². The van der Waals surface area contributed by atoms with Gasteiger partial charge in [0.15, 0.2) is 0 Å². The highest BCUT2D eigenvalue weighted by Crippen LogP contribution is 2.21. The molecule has 0 unspecified atom stereocenters. The zero-order valence-corrected chi connectivity index (χ0v) is 17.1. The molecule has 2 aromatic rings. The highest BCUT2D eigenvalue weighted by Gasteiger charge is 2.19. The summed E-state index contributed by atoms with van der Waals surface area (Å²) in [6.07, 6.45) is 2.36. The van der Waals surface area contributed by atoms with Gasteiger partial charge in [-0.25, -0.2) is 0 Å². The van der Waals surface area contributed by atoms with Gasteiger partial charge in [-0.3, -0.25) is 4.90 Å².